The van der Waals surface area contributed by atoms with Crippen molar-refractivity contribution in [3.63, 3.8) is 0 Å². The maximum Gasteiger partial charge on any atom is 0.269 e. The predicted molar refractivity (Wildman–Crippen MR) is 77.8 cm³/mol. The van der Waals surface area contributed by atoms with Crippen LogP contribution in [-0.4, -0.2) is 16.4 Å². The fourth-order valence-electron chi connectivity index (χ4n) is 1.59. The van der Waals surface area contributed by atoms with Gasteiger partial charge in [0, 0.05) is 22.8 Å². The van der Waals surface area contributed by atoms with Crippen LogP contribution in [0.2, 0.25) is 5.02 Å². The maximum atomic E-state index is 11.7. The summed E-state index contributed by atoms with van der Waals surface area (Å²) in [6, 6.07) is 10.8. The molecule has 6 nitrogen and oxygen atoms in total. The monoisotopic (exact) mass is 305 g/mol. The van der Waals surface area contributed by atoms with Crippen molar-refractivity contribution in [2.24, 2.45) is 0 Å². The number of hydrogen-bond acceptors (Lipinski definition) is 3. The van der Waals surface area contributed by atoms with Crippen molar-refractivity contribution < 1.29 is 9.59 Å². The van der Waals surface area contributed by atoms with Crippen LogP contribution in [0.5, 0.6) is 0 Å². The third-order valence-corrected chi connectivity index (χ3v) is 2.89. The molecule has 0 aliphatic carbocycles. The van der Waals surface area contributed by atoms with Crippen LogP contribution in [0.3, 0.4) is 0 Å². The number of carbonyl (C=O) groups excluding carboxylic acids is 2. The molecule has 108 valence electrons. The van der Waals surface area contributed by atoms with Gasteiger partial charge in [0.25, 0.3) is 17.4 Å². The Morgan fingerprint density at radius 3 is 2.43 bits per heavy atom. The number of hydrogen-bond donors (Lipinski definition) is 2. The summed E-state index contributed by atoms with van der Waals surface area (Å²) in [6.07, 6.45) is 1.49. The van der Waals surface area contributed by atoms with E-state index in [1.54, 1.807) is 24.3 Å². The van der Waals surface area contributed by atoms with Crippen molar-refractivity contribution in [3.8, 4) is 0 Å². The molecule has 0 bridgehead atoms. The Hall–Kier alpha value is -2.60. The van der Waals surface area contributed by atoms with Crippen molar-refractivity contribution in [2.75, 3.05) is 0 Å². The van der Waals surface area contributed by atoms with Gasteiger partial charge < -0.3 is 4.57 Å². The van der Waals surface area contributed by atoms with Crippen LogP contribution in [0.15, 0.2) is 53.5 Å². The van der Waals surface area contributed by atoms with E-state index in [4.69, 9.17) is 11.6 Å². The zero-order valence-corrected chi connectivity index (χ0v) is 11.6. The molecule has 1 heterocycles. The van der Waals surface area contributed by atoms with Crippen molar-refractivity contribution in [2.45, 2.75) is 6.54 Å². The molecule has 1 aromatic carbocycles. The number of nitrogens with one attached hydrogen (secondary N) is 2. The number of rotatable bonds is 3. The highest BCUT2D eigenvalue weighted by Gasteiger charge is 2.08. The predicted octanol–water partition coefficient (Wildman–Crippen LogP) is 0.963. The van der Waals surface area contributed by atoms with E-state index in [1.165, 1.54) is 29.0 Å². The van der Waals surface area contributed by atoms with Crippen LogP contribution < -0.4 is 16.4 Å². The zero-order chi connectivity index (χ0) is 15.2. The van der Waals surface area contributed by atoms with E-state index in [0.717, 1.165) is 0 Å². The largest absolute Gasteiger partial charge is 0.306 e. The molecular weight excluding hydrogens is 294 g/mol. The van der Waals surface area contributed by atoms with Gasteiger partial charge in [-0.2, -0.15) is 0 Å². The van der Waals surface area contributed by atoms with E-state index in [1.807, 2.05) is 0 Å². The number of benzene rings is 1. The molecule has 7 heteroatoms. The summed E-state index contributed by atoms with van der Waals surface area (Å²) in [7, 11) is 0. The van der Waals surface area contributed by atoms with Gasteiger partial charge in [0.15, 0.2) is 0 Å². The lowest BCUT2D eigenvalue weighted by atomic mass is 10.2. The fraction of sp³-hybridized carbons (Fsp3) is 0.0714. The molecule has 2 N–H and O–H groups in total. The van der Waals surface area contributed by atoms with Gasteiger partial charge in [-0.25, -0.2) is 0 Å². The zero-order valence-electron chi connectivity index (χ0n) is 10.9. The summed E-state index contributed by atoms with van der Waals surface area (Å²) in [5.41, 5.74) is 4.56. The molecule has 2 rings (SSSR count). The SMILES string of the molecule is O=C(Cn1ccccc1=O)NNC(=O)c1ccc(Cl)cc1. The Labute approximate surface area is 125 Å². The minimum Gasteiger partial charge on any atom is -0.306 e. The summed E-state index contributed by atoms with van der Waals surface area (Å²) in [6.45, 7) is -0.180. The summed E-state index contributed by atoms with van der Waals surface area (Å²) in [5, 5.41) is 0.513. The van der Waals surface area contributed by atoms with E-state index in [2.05, 4.69) is 10.9 Å². The Morgan fingerprint density at radius 1 is 1.05 bits per heavy atom. The fourth-order valence-corrected chi connectivity index (χ4v) is 1.71. The minimum absolute atomic E-state index is 0.180. The van der Waals surface area contributed by atoms with Gasteiger partial charge in [-0.1, -0.05) is 17.7 Å². The second-order valence-electron chi connectivity index (χ2n) is 4.18. The highest BCUT2D eigenvalue weighted by Crippen LogP contribution is 2.08. The van der Waals surface area contributed by atoms with Crippen molar-refractivity contribution in [1.82, 2.24) is 15.4 Å². The molecule has 0 atom stereocenters. The third kappa shape index (κ3) is 4.19. The Morgan fingerprint density at radius 2 is 1.76 bits per heavy atom. The first-order chi connectivity index (χ1) is 10.1. The van der Waals surface area contributed by atoms with Gasteiger partial charge in [0.05, 0.1) is 0 Å². The first kappa shape index (κ1) is 14.8. The smallest absolute Gasteiger partial charge is 0.269 e. The van der Waals surface area contributed by atoms with E-state index in [-0.39, 0.29) is 12.1 Å². The molecular formula is C14H12ClN3O3. The second kappa shape index (κ2) is 6.71. The molecule has 0 aliphatic rings. The first-order valence-electron chi connectivity index (χ1n) is 6.06. The normalized spacial score (nSPS) is 9.95. The lowest BCUT2D eigenvalue weighted by molar-refractivity contribution is -0.122. The lowest BCUT2D eigenvalue weighted by Crippen LogP contribution is -2.44. The van der Waals surface area contributed by atoms with Gasteiger partial charge in [-0.05, 0) is 30.3 Å². The van der Waals surface area contributed by atoms with Gasteiger partial charge in [0.1, 0.15) is 6.54 Å². The molecule has 2 amide bonds. The Kier molecular flexibility index (Phi) is 4.73. The Balaban J connectivity index is 1.89. The van der Waals surface area contributed by atoms with Crippen molar-refractivity contribution >= 4 is 23.4 Å². The third-order valence-electron chi connectivity index (χ3n) is 2.63. The average molecular weight is 306 g/mol. The summed E-state index contributed by atoms with van der Waals surface area (Å²) in [4.78, 5) is 34.8. The highest BCUT2D eigenvalue weighted by atomic mass is 35.5. The maximum absolute atomic E-state index is 11.7. The van der Waals surface area contributed by atoms with Crippen LogP contribution >= 0.6 is 11.6 Å². The van der Waals surface area contributed by atoms with Crippen LogP contribution in [0.4, 0.5) is 0 Å². The summed E-state index contributed by atoms with van der Waals surface area (Å²) in [5.74, 6) is -0.981. The van der Waals surface area contributed by atoms with Crippen LogP contribution in [0.1, 0.15) is 10.4 Å². The minimum atomic E-state index is -0.509. The van der Waals surface area contributed by atoms with Crippen molar-refractivity contribution in [1.29, 1.82) is 0 Å². The number of pyridine rings is 1. The number of carbonyl (C=O) groups is 2. The van der Waals surface area contributed by atoms with Gasteiger partial charge in [0.2, 0.25) is 0 Å². The highest BCUT2D eigenvalue weighted by molar-refractivity contribution is 6.30. The number of aromatic nitrogens is 1. The van der Waals surface area contributed by atoms with Gasteiger partial charge >= 0.3 is 0 Å². The standard InChI is InChI=1S/C14H12ClN3O3/c15-11-6-4-10(5-7-11)14(21)17-16-12(19)9-18-8-2-1-3-13(18)20/h1-8H,9H2,(H,16,19)(H,17,21). The number of hydrazine groups is 1. The summed E-state index contributed by atoms with van der Waals surface area (Å²) < 4.78 is 1.23. The van der Waals surface area contributed by atoms with Crippen LogP contribution in [0.25, 0.3) is 0 Å². The number of nitrogens with zero attached hydrogens (tertiary/aromatic N) is 1. The van der Waals surface area contributed by atoms with E-state index in [9.17, 15) is 14.4 Å². The average Bonchev–Trinajstić information content (AvgIpc) is 2.48. The van der Waals surface area contributed by atoms with E-state index < -0.39 is 11.8 Å². The quantitative estimate of drug-likeness (QED) is 0.829. The van der Waals surface area contributed by atoms with Gasteiger partial charge in [-0.3, -0.25) is 25.2 Å². The molecule has 0 aliphatic heterocycles. The molecule has 0 unspecified atom stereocenters. The topological polar surface area (TPSA) is 80.2 Å². The molecule has 0 fully saturated rings. The molecule has 0 spiro atoms. The van der Waals surface area contributed by atoms with E-state index in [0.29, 0.717) is 10.6 Å². The lowest BCUT2D eigenvalue weighted by Gasteiger charge is -2.08. The molecule has 21 heavy (non-hydrogen) atoms. The van der Waals surface area contributed by atoms with Crippen LogP contribution in [0, 0.1) is 0 Å². The van der Waals surface area contributed by atoms with Crippen molar-refractivity contribution in [3.05, 3.63) is 69.6 Å². The molecule has 2 aromatic rings. The molecule has 0 saturated heterocycles. The number of halogens is 1. The second-order valence-corrected chi connectivity index (χ2v) is 4.61. The van der Waals surface area contributed by atoms with Gasteiger partial charge in [-0.15, -0.1) is 0 Å². The Bertz CT molecular complexity index is 710. The molecule has 1 aromatic heterocycles. The first-order valence-corrected chi connectivity index (χ1v) is 6.44. The summed E-state index contributed by atoms with van der Waals surface area (Å²) >= 11 is 5.72. The van der Waals surface area contributed by atoms with E-state index >= 15 is 0 Å². The molecule has 0 radical (unpaired) electrons. The van der Waals surface area contributed by atoms with Crippen LogP contribution in [-0.2, 0) is 11.3 Å². The molecule has 0 saturated carbocycles. The number of amides is 2.